The van der Waals surface area contributed by atoms with Gasteiger partial charge in [0.05, 0.1) is 40.1 Å². The van der Waals surface area contributed by atoms with Gasteiger partial charge in [0.15, 0.2) is 0 Å². The predicted octanol–water partition coefficient (Wildman–Crippen LogP) is 5.84. The summed E-state index contributed by atoms with van der Waals surface area (Å²) in [5.74, 6) is 1.41. The van der Waals surface area contributed by atoms with Gasteiger partial charge in [0.25, 0.3) is 0 Å². The molecule has 0 N–H and O–H groups in total. The summed E-state index contributed by atoms with van der Waals surface area (Å²) in [5, 5.41) is 1.87. The second kappa shape index (κ2) is 11.2. The Balaban J connectivity index is 1.79. The maximum Gasteiger partial charge on any atom is 0.339 e. The van der Waals surface area contributed by atoms with E-state index in [0.717, 1.165) is 65.7 Å². The van der Waals surface area contributed by atoms with E-state index < -0.39 is 0 Å². The lowest BCUT2D eigenvalue weighted by atomic mass is 9.93. The summed E-state index contributed by atoms with van der Waals surface area (Å²) in [7, 11) is 4.74. The molecule has 2 aromatic carbocycles. The number of methoxy groups -OCH3 is 3. The lowest BCUT2D eigenvalue weighted by Gasteiger charge is -2.26. The number of rotatable bonds is 8. The van der Waals surface area contributed by atoms with Gasteiger partial charge < -0.3 is 18.9 Å². The van der Waals surface area contributed by atoms with Crippen molar-refractivity contribution in [3.8, 4) is 33.1 Å². The number of hydrogen-bond donors (Lipinski definition) is 0. The van der Waals surface area contributed by atoms with Crippen molar-refractivity contribution in [1.29, 1.82) is 0 Å². The number of carbonyl (C=O) groups excluding carboxylic acids is 1. The summed E-state index contributed by atoms with van der Waals surface area (Å²) in [5.41, 5.74) is 5.63. The van der Waals surface area contributed by atoms with Gasteiger partial charge in [-0.2, -0.15) is 0 Å². The molecule has 0 unspecified atom stereocenters. The third kappa shape index (κ3) is 5.37. The van der Waals surface area contributed by atoms with Crippen LogP contribution in [0.25, 0.3) is 21.6 Å². The first-order valence-corrected chi connectivity index (χ1v) is 12.7. The van der Waals surface area contributed by atoms with E-state index in [1.807, 2.05) is 11.4 Å². The SMILES string of the molecule is COC(=O)c1csc(-c2cc(C(C)C)c(OC)cc2OC)c1-c1ccc(CN2CCOCC2)cc1. The highest BCUT2D eigenvalue weighted by molar-refractivity contribution is 7.14. The minimum atomic E-state index is -0.351. The van der Waals surface area contributed by atoms with Crippen molar-refractivity contribution in [2.24, 2.45) is 0 Å². The molecule has 2 heterocycles. The topological polar surface area (TPSA) is 57.2 Å². The second-order valence-electron chi connectivity index (χ2n) is 8.88. The molecule has 1 aliphatic rings. The van der Waals surface area contributed by atoms with Crippen molar-refractivity contribution in [1.82, 2.24) is 4.90 Å². The Labute approximate surface area is 211 Å². The van der Waals surface area contributed by atoms with E-state index in [-0.39, 0.29) is 11.9 Å². The molecule has 1 fully saturated rings. The maximum absolute atomic E-state index is 12.7. The van der Waals surface area contributed by atoms with Crippen molar-refractivity contribution in [2.75, 3.05) is 47.6 Å². The van der Waals surface area contributed by atoms with E-state index in [0.29, 0.717) is 11.3 Å². The number of ether oxygens (including phenoxy) is 4. The van der Waals surface area contributed by atoms with Crippen LogP contribution in [0.15, 0.2) is 41.8 Å². The van der Waals surface area contributed by atoms with E-state index in [1.165, 1.54) is 24.0 Å². The van der Waals surface area contributed by atoms with E-state index >= 15 is 0 Å². The zero-order valence-corrected chi connectivity index (χ0v) is 21.9. The minimum Gasteiger partial charge on any atom is -0.496 e. The fourth-order valence-electron chi connectivity index (χ4n) is 4.45. The smallest absolute Gasteiger partial charge is 0.339 e. The molecule has 7 heteroatoms. The normalized spacial score (nSPS) is 14.2. The second-order valence-corrected chi connectivity index (χ2v) is 9.76. The Morgan fingerprint density at radius 2 is 1.71 bits per heavy atom. The molecule has 0 atom stereocenters. The minimum absolute atomic E-state index is 0.262. The van der Waals surface area contributed by atoms with Crippen molar-refractivity contribution in [3.05, 3.63) is 58.5 Å². The molecule has 0 saturated carbocycles. The van der Waals surface area contributed by atoms with Crippen molar-refractivity contribution in [3.63, 3.8) is 0 Å². The fraction of sp³-hybridized carbons (Fsp3) is 0.393. The first-order valence-electron chi connectivity index (χ1n) is 11.8. The Morgan fingerprint density at radius 1 is 1.03 bits per heavy atom. The molecule has 1 aliphatic heterocycles. The highest BCUT2D eigenvalue weighted by atomic mass is 32.1. The van der Waals surface area contributed by atoms with E-state index in [9.17, 15) is 4.79 Å². The summed E-state index contributed by atoms with van der Waals surface area (Å²) >= 11 is 1.52. The monoisotopic (exact) mass is 495 g/mol. The van der Waals surface area contributed by atoms with Crippen molar-refractivity contribution < 1.29 is 23.7 Å². The molecule has 1 saturated heterocycles. The van der Waals surface area contributed by atoms with Crippen LogP contribution in [-0.4, -0.2) is 58.5 Å². The van der Waals surface area contributed by atoms with Crippen molar-refractivity contribution in [2.45, 2.75) is 26.3 Å². The quantitative estimate of drug-likeness (QED) is 0.366. The molecule has 1 aromatic heterocycles. The Kier molecular flexibility index (Phi) is 8.11. The van der Waals surface area contributed by atoms with Crippen LogP contribution < -0.4 is 9.47 Å². The summed E-state index contributed by atoms with van der Waals surface area (Å²) in [6, 6.07) is 12.5. The maximum atomic E-state index is 12.7. The van der Waals surface area contributed by atoms with Crippen LogP contribution in [0.3, 0.4) is 0 Å². The fourth-order valence-corrected chi connectivity index (χ4v) is 5.53. The Morgan fingerprint density at radius 3 is 2.31 bits per heavy atom. The van der Waals surface area contributed by atoms with Crippen LogP contribution in [0.2, 0.25) is 0 Å². The van der Waals surface area contributed by atoms with Crippen LogP contribution in [-0.2, 0) is 16.0 Å². The lowest BCUT2D eigenvalue weighted by molar-refractivity contribution is 0.0342. The summed E-state index contributed by atoms with van der Waals surface area (Å²) in [4.78, 5) is 16.1. The first-order chi connectivity index (χ1) is 17.0. The zero-order chi connectivity index (χ0) is 24.9. The average Bonchev–Trinajstić information content (AvgIpc) is 3.33. The molecule has 6 nitrogen and oxygen atoms in total. The molecular formula is C28H33NO5S. The number of hydrogen-bond acceptors (Lipinski definition) is 7. The van der Waals surface area contributed by atoms with Gasteiger partial charge >= 0.3 is 5.97 Å². The number of thiophene rings is 1. The Bertz CT molecular complexity index is 1160. The number of benzene rings is 2. The standard InChI is InChI=1S/C28H33NO5S/c1-18(2)21-14-22(25(32-4)15-24(21)31-3)27-26(23(17-35-27)28(30)33-5)20-8-6-19(7-9-20)16-29-10-12-34-13-11-29/h6-9,14-15,17-18H,10-13,16H2,1-5H3. The van der Waals surface area contributed by atoms with Gasteiger partial charge in [0, 0.05) is 47.1 Å². The molecule has 3 aromatic rings. The average molecular weight is 496 g/mol. The Hall–Kier alpha value is -2.87. The van der Waals surface area contributed by atoms with Crippen LogP contribution in [0, 0.1) is 0 Å². The molecule has 0 radical (unpaired) electrons. The van der Waals surface area contributed by atoms with E-state index in [2.05, 4.69) is 49.1 Å². The third-order valence-corrected chi connectivity index (χ3v) is 7.38. The molecule has 0 aliphatic carbocycles. The number of carbonyl (C=O) groups is 1. The van der Waals surface area contributed by atoms with Crippen molar-refractivity contribution >= 4 is 17.3 Å². The van der Waals surface area contributed by atoms with E-state index in [4.69, 9.17) is 18.9 Å². The van der Waals surface area contributed by atoms with E-state index in [1.54, 1.807) is 14.2 Å². The first kappa shape index (κ1) is 25.2. The third-order valence-electron chi connectivity index (χ3n) is 6.37. The zero-order valence-electron chi connectivity index (χ0n) is 21.1. The van der Waals surface area contributed by atoms with Gasteiger partial charge in [0.2, 0.25) is 0 Å². The summed E-state index contributed by atoms with van der Waals surface area (Å²) < 4.78 is 22.0. The number of morpholine rings is 1. The summed E-state index contributed by atoms with van der Waals surface area (Å²) in [6.45, 7) is 8.60. The molecule has 35 heavy (non-hydrogen) atoms. The highest BCUT2D eigenvalue weighted by Gasteiger charge is 2.24. The molecule has 0 amide bonds. The molecule has 0 spiro atoms. The van der Waals surface area contributed by atoms with Gasteiger partial charge in [-0.05, 0) is 28.7 Å². The van der Waals surface area contributed by atoms with Crippen LogP contribution in [0.4, 0.5) is 0 Å². The van der Waals surface area contributed by atoms with Gasteiger partial charge in [0.1, 0.15) is 11.5 Å². The number of nitrogens with zero attached hydrogens (tertiary/aromatic N) is 1. The van der Waals surface area contributed by atoms with Gasteiger partial charge in [-0.1, -0.05) is 38.1 Å². The molecule has 4 rings (SSSR count). The van der Waals surface area contributed by atoms with Gasteiger partial charge in [-0.3, -0.25) is 4.90 Å². The van der Waals surface area contributed by atoms with Gasteiger partial charge in [-0.15, -0.1) is 11.3 Å². The van der Waals surface area contributed by atoms with Crippen LogP contribution in [0.1, 0.15) is 41.3 Å². The summed E-state index contributed by atoms with van der Waals surface area (Å²) in [6.07, 6.45) is 0. The van der Waals surface area contributed by atoms with Gasteiger partial charge in [-0.25, -0.2) is 4.79 Å². The molecular weight excluding hydrogens is 462 g/mol. The largest absolute Gasteiger partial charge is 0.496 e. The highest BCUT2D eigenvalue weighted by Crippen LogP contribution is 2.47. The predicted molar refractivity (Wildman–Crippen MR) is 140 cm³/mol. The number of esters is 1. The van der Waals surface area contributed by atoms with Crippen LogP contribution in [0.5, 0.6) is 11.5 Å². The molecule has 186 valence electrons. The van der Waals surface area contributed by atoms with Crippen LogP contribution >= 0.6 is 11.3 Å². The lowest BCUT2D eigenvalue weighted by Crippen LogP contribution is -2.35. The molecule has 0 bridgehead atoms.